The molecule has 1 saturated carbocycles. The first kappa shape index (κ1) is 23.8. The number of halogens is 2. The van der Waals surface area contributed by atoms with Gasteiger partial charge in [0.05, 0.1) is 16.5 Å². The quantitative estimate of drug-likeness (QED) is 0.422. The van der Waals surface area contributed by atoms with Gasteiger partial charge >= 0.3 is 6.03 Å². The average Bonchev–Trinajstić information content (AvgIpc) is 2.73. The second-order valence-corrected chi connectivity index (χ2v) is 10.3. The Hall–Kier alpha value is -1.81. The van der Waals surface area contributed by atoms with Crippen LogP contribution >= 0.6 is 27.5 Å². The molecule has 3 N–H and O–H groups in total. The molecular formula is C21H25BrClN3O4S. The van der Waals surface area contributed by atoms with E-state index < -0.39 is 16.1 Å². The van der Waals surface area contributed by atoms with Crippen molar-refractivity contribution in [1.82, 2.24) is 10.0 Å². The highest BCUT2D eigenvalue weighted by atomic mass is 79.9. The van der Waals surface area contributed by atoms with Crippen molar-refractivity contribution in [2.45, 2.75) is 43.0 Å². The summed E-state index contributed by atoms with van der Waals surface area (Å²) in [6, 6.07) is 11.0. The van der Waals surface area contributed by atoms with Crippen molar-refractivity contribution in [2.24, 2.45) is 0 Å². The minimum Gasteiger partial charge on any atom is -0.490 e. The van der Waals surface area contributed by atoms with Crippen LogP contribution in [0.5, 0.6) is 5.75 Å². The molecule has 0 heterocycles. The Kier molecular flexibility index (Phi) is 8.59. The molecule has 3 rings (SSSR count). The van der Waals surface area contributed by atoms with E-state index in [2.05, 4.69) is 31.3 Å². The monoisotopic (exact) mass is 529 g/mol. The van der Waals surface area contributed by atoms with Gasteiger partial charge in [-0.1, -0.05) is 46.8 Å². The van der Waals surface area contributed by atoms with Gasteiger partial charge in [0, 0.05) is 16.2 Å². The van der Waals surface area contributed by atoms with Gasteiger partial charge < -0.3 is 15.4 Å². The largest absolute Gasteiger partial charge is 0.490 e. The predicted octanol–water partition coefficient (Wildman–Crippen LogP) is 4.91. The van der Waals surface area contributed by atoms with Gasteiger partial charge in [-0.2, -0.15) is 0 Å². The van der Waals surface area contributed by atoms with Crippen LogP contribution in [0.4, 0.5) is 10.5 Å². The molecule has 0 unspecified atom stereocenters. The van der Waals surface area contributed by atoms with E-state index in [4.69, 9.17) is 16.3 Å². The summed E-state index contributed by atoms with van der Waals surface area (Å²) in [6.45, 7) is 0.523. The zero-order valence-electron chi connectivity index (χ0n) is 16.9. The van der Waals surface area contributed by atoms with Gasteiger partial charge in [-0.15, -0.1) is 0 Å². The third kappa shape index (κ3) is 7.38. The van der Waals surface area contributed by atoms with E-state index in [0.29, 0.717) is 16.5 Å². The van der Waals surface area contributed by atoms with Gasteiger partial charge in [0.15, 0.2) is 0 Å². The Balaban J connectivity index is 1.44. The van der Waals surface area contributed by atoms with Crippen LogP contribution in [0.1, 0.15) is 32.1 Å². The van der Waals surface area contributed by atoms with E-state index in [1.165, 1.54) is 12.1 Å². The van der Waals surface area contributed by atoms with Crippen molar-refractivity contribution in [2.75, 3.05) is 18.5 Å². The van der Waals surface area contributed by atoms with E-state index in [1.807, 2.05) is 6.07 Å². The number of ether oxygens (including phenoxy) is 1. The maximum Gasteiger partial charge on any atom is 0.319 e. The van der Waals surface area contributed by atoms with Gasteiger partial charge in [-0.25, -0.2) is 17.9 Å². The molecule has 7 nitrogen and oxygen atoms in total. The molecule has 1 aliphatic rings. The normalized spacial score (nSPS) is 14.8. The second-order valence-electron chi connectivity index (χ2n) is 7.28. The van der Waals surface area contributed by atoms with Gasteiger partial charge in [0.25, 0.3) is 0 Å². The molecule has 0 spiro atoms. The van der Waals surface area contributed by atoms with Gasteiger partial charge in [0.1, 0.15) is 12.4 Å². The molecule has 2 aromatic carbocycles. The number of hydrogen-bond donors (Lipinski definition) is 3. The molecule has 0 radical (unpaired) electrons. The van der Waals surface area contributed by atoms with Crippen molar-refractivity contribution >= 4 is 49.3 Å². The van der Waals surface area contributed by atoms with Crippen molar-refractivity contribution in [3.05, 3.63) is 52.0 Å². The molecular weight excluding hydrogens is 506 g/mol. The smallest absolute Gasteiger partial charge is 0.319 e. The van der Waals surface area contributed by atoms with E-state index in [-0.39, 0.29) is 24.1 Å². The van der Waals surface area contributed by atoms with E-state index in [1.54, 1.807) is 24.3 Å². The fraction of sp³-hybridized carbons (Fsp3) is 0.381. The molecule has 0 bridgehead atoms. The van der Waals surface area contributed by atoms with Crippen LogP contribution in [0.2, 0.25) is 5.02 Å². The van der Waals surface area contributed by atoms with Gasteiger partial charge in [0.2, 0.25) is 10.0 Å². The number of carbonyl (C=O) groups excluding carboxylic acids is 1. The Morgan fingerprint density at radius 1 is 1.10 bits per heavy atom. The molecule has 10 heteroatoms. The number of rotatable bonds is 8. The van der Waals surface area contributed by atoms with Crippen molar-refractivity contribution in [3.63, 3.8) is 0 Å². The van der Waals surface area contributed by atoms with Gasteiger partial charge in [-0.3, -0.25) is 0 Å². The summed E-state index contributed by atoms with van der Waals surface area (Å²) in [6.07, 6.45) is 5.00. The zero-order valence-corrected chi connectivity index (χ0v) is 20.0. The summed E-state index contributed by atoms with van der Waals surface area (Å²) < 4.78 is 34.2. The number of carbonyl (C=O) groups is 1. The van der Waals surface area contributed by atoms with Crippen LogP contribution in [-0.4, -0.2) is 33.6 Å². The summed E-state index contributed by atoms with van der Waals surface area (Å²) in [5.74, 6) is 0.533. The summed E-state index contributed by atoms with van der Waals surface area (Å²) in [4.78, 5) is 12.2. The lowest BCUT2D eigenvalue weighted by atomic mass is 9.96. The number of sulfonamides is 1. The zero-order chi connectivity index (χ0) is 22.3. The van der Waals surface area contributed by atoms with Crippen LogP contribution in [0, 0.1) is 0 Å². The molecule has 0 aromatic heterocycles. The van der Waals surface area contributed by atoms with Crippen molar-refractivity contribution in [1.29, 1.82) is 0 Å². The number of nitrogens with one attached hydrogen (secondary N) is 3. The number of benzene rings is 2. The standard InChI is InChI=1S/C21H25BrClN3O4S/c22-15-6-11-20(19(23)14-15)30-13-12-24-21(27)25-16-7-9-18(10-8-16)31(28,29)26-17-4-2-1-3-5-17/h6-11,14,17,26H,1-5,12-13H2,(H2,24,25,27). The molecule has 1 fully saturated rings. The van der Waals surface area contributed by atoms with Crippen LogP contribution in [0.25, 0.3) is 0 Å². The number of amides is 2. The molecule has 0 saturated heterocycles. The Morgan fingerprint density at radius 3 is 2.48 bits per heavy atom. The summed E-state index contributed by atoms with van der Waals surface area (Å²) in [7, 11) is -3.56. The lowest BCUT2D eigenvalue weighted by Gasteiger charge is -2.22. The minimum absolute atomic E-state index is 0.00293. The van der Waals surface area contributed by atoms with Crippen molar-refractivity contribution < 1.29 is 17.9 Å². The number of anilines is 1. The first-order valence-corrected chi connectivity index (χ1v) is 12.7. The minimum atomic E-state index is -3.56. The first-order valence-electron chi connectivity index (χ1n) is 10.1. The third-order valence-corrected chi connectivity index (χ3v) is 7.21. The lowest BCUT2D eigenvalue weighted by Crippen LogP contribution is -2.36. The topological polar surface area (TPSA) is 96.5 Å². The Labute approximate surface area is 196 Å². The van der Waals surface area contributed by atoms with Crippen LogP contribution in [-0.2, 0) is 10.0 Å². The summed E-state index contributed by atoms with van der Waals surface area (Å²) in [5, 5.41) is 5.82. The lowest BCUT2D eigenvalue weighted by molar-refractivity contribution is 0.247. The van der Waals surface area contributed by atoms with Crippen LogP contribution in [0.15, 0.2) is 51.8 Å². The second kappa shape index (κ2) is 11.2. The van der Waals surface area contributed by atoms with E-state index in [9.17, 15) is 13.2 Å². The maximum atomic E-state index is 12.5. The Bertz CT molecular complexity index is 996. The van der Waals surface area contributed by atoms with E-state index in [0.717, 1.165) is 36.6 Å². The fourth-order valence-corrected chi connectivity index (χ4v) is 5.35. The SMILES string of the molecule is O=C(NCCOc1ccc(Br)cc1Cl)Nc1ccc(S(=O)(=O)NC2CCCCC2)cc1. The first-order chi connectivity index (χ1) is 14.8. The number of hydrogen-bond acceptors (Lipinski definition) is 4. The van der Waals surface area contributed by atoms with Gasteiger partial charge in [-0.05, 0) is 55.3 Å². The maximum absolute atomic E-state index is 12.5. The van der Waals surface area contributed by atoms with E-state index >= 15 is 0 Å². The molecule has 168 valence electrons. The summed E-state index contributed by atoms with van der Waals surface area (Å²) in [5.41, 5.74) is 0.492. The molecule has 0 aliphatic heterocycles. The summed E-state index contributed by atoms with van der Waals surface area (Å²) >= 11 is 9.40. The molecule has 31 heavy (non-hydrogen) atoms. The highest BCUT2D eigenvalue weighted by Gasteiger charge is 2.21. The van der Waals surface area contributed by atoms with Crippen LogP contribution in [0.3, 0.4) is 0 Å². The fourth-order valence-electron chi connectivity index (χ4n) is 3.32. The average molecular weight is 531 g/mol. The predicted molar refractivity (Wildman–Crippen MR) is 125 cm³/mol. The highest BCUT2D eigenvalue weighted by molar-refractivity contribution is 9.10. The molecule has 0 atom stereocenters. The van der Waals surface area contributed by atoms with Crippen LogP contribution < -0.4 is 20.1 Å². The molecule has 1 aliphatic carbocycles. The van der Waals surface area contributed by atoms with Crippen molar-refractivity contribution in [3.8, 4) is 5.75 Å². The highest BCUT2D eigenvalue weighted by Crippen LogP contribution is 2.27. The molecule has 2 aromatic rings. The Morgan fingerprint density at radius 2 is 1.81 bits per heavy atom. The third-order valence-electron chi connectivity index (χ3n) is 4.89. The number of urea groups is 1. The molecule has 2 amide bonds.